The summed E-state index contributed by atoms with van der Waals surface area (Å²) in [6, 6.07) is 13.1. The highest BCUT2D eigenvalue weighted by atomic mass is 16.6. The molecule has 5 nitrogen and oxygen atoms in total. The third-order valence-corrected chi connectivity index (χ3v) is 3.03. The van der Waals surface area contributed by atoms with E-state index >= 15 is 0 Å². The van der Waals surface area contributed by atoms with Gasteiger partial charge in [-0.25, -0.2) is 0 Å². The molecule has 5 heteroatoms. The number of ether oxygens (including phenoxy) is 4. The van der Waals surface area contributed by atoms with E-state index in [4.69, 9.17) is 24.7 Å². The maximum atomic E-state index is 5.94. The molecular formula is C16H17NO4. The minimum Gasteiger partial charge on any atom is -0.490 e. The molecule has 0 aliphatic carbocycles. The molecule has 0 atom stereocenters. The Morgan fingerprint density at radius 2 is 1.57 bits per heavy atom. The van der Waals surface area contributed by atoms with Crippen molar-refractivity contribution in [2.45, 2.75) is 0 Å². The van der Waals surface area contributed by atoms with Gasteiger partial charge in [0.05, 0.1) is 5.69 Å². The van der Waals surface area contributed by atoms with Crippen LogP contribution in [-0.4, -0.2) is 26.4 Å². The summed E-state index contributed by atoms with van der Waals surface area (Å²) in [6.07, 6.45) is 0. The van der Waals surface area contributed by atoms with E-state index in [1.54, 1.807) is 12.1 Å². The molecule has 1 heterocycles. The highest BCUT2D eigenvalue weighted by Gasteiger charge is 2.15. The summed E-state index contributed by atoms with van der Waals surface area (Å²) < 4.78 is 22.2. The van der Waals surface area contributed by atoms with E-state index in [2.05, 4.69) is 0 Å². The fraction of sp³-hybridized carbons (Fsp3) is 0.250. The zero-order valence-corrected chi connectivity index (χ0v) is 11.6. The van der Waals surface area contributed by atoms with Crippen LogP contribution < -0.4 is 24.7 Å². The first-order valence-corrected chi connectivity index (χ1v) is 6.83. The molecule has 0 radical (unpaired) electrons. The van der Waals surface area contributed by atoms with Crippen LogP contribution in [-0.2, 0) is 0 Å². The van der Waals surface area contributed by atoms with Crippen LogP contribution in [0.25, 0.3) is 0 Å². The molecule has 0 spiro atoms. The Bertz CT molecular complexity index is 601. The Morgan fingerprint density at radius 1 is 0.905 bits per heavy atom. The normalized spacial score (nSPS) is 12.8. The van der Waals surface area contributed by atoms with Crippen molar-refractivity contribution >= 4 is 5.69 Å². The predicted molar refractivity (Wildman–Crippen MR) is 79.3 cm³/mol. The van der Waals surface area contributed by atoms with E-state index < -0.39 is 0 Å². The van der Waals surface area contributed by atoms with Gasteiger partial charge in [-0.3, -0.25) is 0 Å². The highest BCUT2D eigenvalue weighted by molar-refractivity contribution is 5.62. The van der Waals surface area contributed by atoms with E-state index in [1.165, 1.54) is 0 Å². The van der Waals surface area contributed by atoms with Gasteiger partial charge < -0.3 is 24.7 Å². The number of rotatable bonds is 5. The van der Waals surface area contributed by atoms with Gasteiger partial charge in [0.1, 0.15) is 37.9 Å². The van der Waals surface area contributed by atoms with Crippen molar-refractivity contribution in [1.29, 1.82) is 0 Å². The molecule has 2 N–H and O–H groups in total. The second-order valence-corrected chi connectivity index (χ2v) is 4.54. The third-order valence-electron chi connectivity index (χ3n) is 3.03. The zero-order chi connectivity index (χ0) is 14.5. The van der Waals surface area contributed by atoms with Crippen molar-refractivity contribution in [1.82, 2.24) is 0 Å². The van der Waals surface area contributed by atoms with Crippen molar-refractivity contribution in [3.63, 3.8) is 0 Å². The molecule has 0 saturated carbocycles. The number of benzene rings is 2. The SMILES string of the molecule is Nc1cc2c(cc1OCCOc1ccccc1)OCCO2. The van der Waals surface area contributed by atoms with Crippen molar-refractivity contribution in [2.24, 2.45) is 0 Å². The van der Waals surface area contributed by atoms with Crippen LogP contribution in [0.4, 0.5) is 5.69 Å². The molecule has 1 aliphatic rings. The molecule has 0 unspecified atom stereocenters. The second kappa shape index (κ2) is 6.26. The summed E-state index contributed by atoms with van der Waals surface area (Å²) in [5, 5.41) is 0. The molecule has 110 valence electrons. The molecule has 1 aliphatic heterocycles. The summed E-state index contributed by atoms with van der Waals surface area (Å²) in [4.78, 5) is 0. The average Bonchev–Trinajstić information content (AvgIpc) is 2.53. The van der Waals surface area contributed by atoms with E-state index in [0.717, 1.165) is 5.75 Å². The largest absolute Gasteiger partial charge is 0.490 e. The lowest BCUT2D eigenvalue weighted by molar-refractivity contribution is 0.169. The van der Waals surface area contributed by atoms with Gasteiger partial charge in [-0.1, -0.05) is 18.2 Å². The summed E-state index contributed by atoms with van der Waals surface area (Å²) in [6.45, 7) is 1.92. The van der Waals surface area contributed by atoms with Gasteiger partial charge in [-0.15, -0.1) is 0 Å². The predicted octanol–water partition coefficient (Wildman–Crippen LogP) is 2.50. The molecule has 3 rings (SSSR count). The summed E-state index contributed by atoms with van der Waals surface area (Å²) in [7, 11) is 0. The minimum absolute atomic E-state index is 0.402. The molecule has 0 saturated heterocycles. The Hall–Kier alpha value is -2.56. The third kappa shape index (κ3) is 3.31. The van der Waals surface area contributed by atoms with Crippen LogP contribution in [0.1, 0.15) is 0 Å². The molecule has 2 aromatic rings. The standard InChI is InChI=1S/C16H17NO4/c17-13-10-15-16(21-9-8-20-15)11-14(13)19-7-6-18-12-4-2-1-3-5-12/h1-5,10-11H,6-9,17H2. The quantitative estimate of drug-likeness (QED) is 0.676. The van der Waals surface area contributed by atoms with Crippen LogP contribution >= 0.6 is 0 Å². The van der Waals surface area contributed by atoms with E-state index in [9.17, 15) is 0 Å². The first-order chi connectivity index (χ1) is 10.3. The van der Waals surface area contributed by atoms with Crippen LogP contribution in [0.5, 0.6) is 23.0 Å². The van der Waals surface area contributed by atoms with Gasteiger partial charge in [0.25, 0.3) is 0 Å². The molecule has 0 bridgehead atoms. The maximum Gasteiger partial charge on any atom is 0.165 e. The van der Waals surface area contributed by atoms with E-state index in [0.29, 0.717) is 49.4 Å². The monoisotopic (exact) mass is 287 g/mol. The van der Waals surface area contributed by atoms with Crippen LogP contribution in [0.15, 0.2) is 42.5 Å². The Kier molecular flexibility index (Phi) is 4.00. The minimum atomic E-state index is 0.402. The van der Waals surface area contributed by atoms with Crippen LogP contribution in [0.2, 0.25) is 0 Å². The number of fused-ring (bicyclic) bond motifs is 1. The second-order valence-electron chi connectivity index (χ2n) is 4.54. The lowest BCUT2D eigenvalue weighted by Gasteiger charge is -2.20. The summed E-state index contributed by atoms with van der Waals surface area (Å²) >= 11 is 0. The molecule has 0 amide bonds. The zero-order valence-electron chi connectivity index (χ0n) is 11.6. The first kappa shape index (κ1) is 13.4. The molecule has 0 fully saturated rings. The van der Waals surface area contributed by atoms with Crippen molar-refractivity contribution in [2.75, 3.05) is 32.2 Å². The van der Waals surface area contributed by atoms with Gasteiger partial charge in [-0.05, 0) is 12.1 Å². The number of para-hydroxylation sites is 1. The smallest absolute Gasteiger partial charge is 0.165 e. The van der Waals surface area contributed by atoms with Gasteiger partial charge in [-0.2, -0.15) is 0 Å². The number of anilines is 1. The summed E-state index contributed by atoms with van der Waals surface area (Å²) in [5.41, 5.74) is 6.46. The van der Waals surface area contributed by atoms with Crippen molar-refractivity contribution in [3.8, 4) is 23.0 Å². The molecular weight excluding hydrogens is 270 g/mol. The average molecular weight is 287 g/mol. The number of nitrogen functional groups attached to an aromatic ring is 1. The Balaban J connectivity index is 1.55. The van der Waals surface area contributed by atoms with Gasteiger partial charge in [0.2, 0.25) is 0 Å². The van der Waals surface area contributed by atoms with Gasteiger partial charge in [0, 0.05) is 12.1 Å². The fourth-order valence-electron chi connectivity index (χ4n) is 2.04. The van der Waals surface area contributed by atoms with E-state index in [1.807, 2.05) is 30.3 Å². The highest BCUT2D eigenvalue weighted by Crippen LogP contribution is 2.38. The number of hydrogen-bond acceptors (Lipinski definition) is 5. The first-order valence-electron chi connectivity index (χ1n) is 6.83. The molecule has 21 heavy (non-hydrogen) atoms. The summed E-state index contributed by atoms with van der Waals surface area (Å²) in [5.74, 6) is 2.72. The molecule has 0 aromatic heterocycles. The lowest BCUT2D eigenvalue weighted by Crippen LogP contribution is -2.16. The van der Waals surface area contributed by atoms with Crippen LogP contribution in [0, 0.1) is 0 Å². The Morgan fingerprint density at radius 3 is 2.33 bits per heavy atom. The van der Waals surface area contributed by atoms with Crippen LogP contribution in [0.3, 0.4) is 0 Å². The maximum absolute atomic E-state index is 5.94. The topological polar surface area (TPSA) is 62.9 Å². The van der Waals surface area contributed by atoms with E-state index in [-0.39, 0.29) is 0 Å². The van der Waals surface area contributed by atoms with Crippen molar-refractivity contribution in [3.05, 3.63) is 42.5 Å². The fourth-order valence-corrected chi connectivity index (χ4v) is 2.04. The Labute approximate surface area is 123 Å². The van der Waals surface area contributed by atoms with Gasteiger partial charge >= 0.3 is 0 Å². The number of nitrogens with two attached hydrogens (primary N) is 1. The van der Waals surface area contributed by atoms with Gasteiger partial charge in [0.15, 0.2) is 11.5 Å². The molecule has 2 aromatic carbocycles. The van der Waals surface area contributed by atoms with Crippen molar-refractivity contribution < 1.29 is 18.9 Å². The number of hydrogen-bond donors (Lipinski definition) is 1. The lowest BCUT2D eigenvalue weighted by atomic mass is 10.2.